The molecule has 102 valence electrons. The molecule has 20 heavy (non-hydrogen) atoms. The van der Waals surface area contributed by atoms with E-state index in [-0.39, 0.29) is 6.04 Å². The van der Waals surface area contributed by atoms with Crippen molar-refractivity contribution in [3.63, 3.8) is 0 Å². The zero-order valence-corrected chi connectivity index (χ0v) is 11.2. The van der Waals surface area contributed by atoms with Crippen LogP contribution >= 0.6 is 0 Å². The normalized spacial score (nSPS) is 12.5. The van der Waals surface area contributed by atoms with Crippen LogP contribution in [0.25, 0.3) is 11.2 Å². The number of pyridine rings is 1. The molecule has 0 aliphatic rings. The van der Waals surface area contributed by atoms with E-state index in [9.17, 15) is 0 Å². The highest BCUT2D eigenvalue weighted by molar-refractivity contribution is 5.79. The molecule has 1 unspecified atom stereocenters. The number of nitrogen functional groups attached to an aromatic ring is 1. The van der Waals surface area contributed by atoms with Crippen LogP contribution in [-0.4, -0.2) is 31.6 Å². The molecule has 0 bridgehead atoms. The van der Waals surface area contributed by atoms with Crippen molar-refractivity contribution in [3.05, 3.63) is 36.4 Å². The number of rotatable bonds is 3. The Hall–Kier alpha value is -2.70. The first kappa shape index (κ1) is 12.3. The molecule has 0 radical (unpaired) electrons. The number of ether oxygens (including phenoxy) is 1. The molecular weight excluding hydrogens is 256 g/mol. The number of nitrogens with zero attached hydrogens (tertiary/aromatic N) is 5. The average Bonchev–Trinajstić information content (AvgIpc) is 2.83. The van der Waals surface area contributed by atoms with Gasteiger partial charge in [0, 0.05) is 12.4 Å². The monoisotopic (exact) mass is 270 g/mol. The predicted octanol–water partition coefficient (Wildman–Crippen LogP) is 1.42. The van der Waals surface area contributed by atoms with Gasteiger partial charge in [-0.05, 0) is 24.6 Å². The summed E-state index contributed by atoms with van der Waals surface area (Å²) in [7, 11) is 1.54. The van der Waals surface area contributed by atoms with Crippen molar-refractivity contribution in [2.45, 2.75) is 13.0 Å². The van der Waals surface area contributed by atoms with E-state index in [0.29, 0.717) is 23.0 Å². The summed E-state index contributed by atoms with van der Waals surface area (Å²) in [6.45, 7) is 2.03. The Labute approximate surface area is 115 Å². The first-order valence-electron chi connectivity index (χ1n) is 6.14. The van der Waals surface area contributed by atoms with E-state index in [2.05, 4.69) is 19.9 Å². The van der Waals surface area contributed by atoms with Gasteiger partial charge in [0.15, 0.2) is 11.2 Å². The van der Waals surface area contributed by atoms with Crippen molar-refractivity contribution in [3.8, 4) is 5.88 Å². The number of hydrogen-bond donors (Lipinski definition) is 1. The molecule has 1 atom stereocenters. The van der Waals surface area contributed by atoms with E-state index < -0.39 is 0 Å². The lowest BCUT2D eigenvalue weighted by molar-refractivity contribution is 0.401. The van der Waals surface area contributed by atoms with Crippen molar-refractivity contribution >= 4 is 17.1 Å². The molecule has 3 aromatic rings. The van der Waals surface area contributed by atoms with Crippen LogP contribution in [0.3, 0.4) is 0 Å². The van der Waals surface area contributed by atoms with Crippen molar-refractivity contribution in [2.75, 3.05) is 12.8 Å². The molecule has 3 heterocycles. The third-order valence-electron chi connectivity index (χ3n) is 3.24. The lowest BCUT2D eigenvalue weighted by atomic mass is 10.1. The molecule has 0 saturated heterocycles. The van der Waals surface area contributed by atoms with Crippen LogP contribution in [-0.2, 0) is 0 Å². The van der Waals surface area contributed by atoms with Gasteiger partial charge in [-0.2, -0.15) is 4.98 Å². The van der Waals surface area contributed by atoms with Gasteiger partial charge >= 0.3 is 0 Å². The molecule has 0 fully saturated rings. The number of methoxy groups -OCH3 is 1. The number of aromatic nitrogens is 5. The number of nitrogens with two attached hydrogens (primary N) is 1. The van der Waals surface area contributed by atoms with Crippen LogP contribution in [0.15, 0.2) is 30.9 Å². The summed E-state index contributed by atoms with van der Waals surface area (Å²) in [5.74, 6) is 0.797. The molecule has 3 rings (SSSR count). The standard InChI is InChI=1S/C13H14N6O/c1-8(9-3-5-15-6-4-9)19-11-10(18-13(19)14)12(20-2)17-7-16-11/h3-8H,1-2H3,(H2,14,18). The molecule has 0 aliphatic heterocycles. The second-order valence-corrected chi connectivity index (χ2v) is 4.35. The lowest BCUT2D eigenvalue weighted by Gasteiger charge is -2.15. The maximum atomic E-state index is 6.03. The fraction of sp³-hybridized carbons (Fsp3) is 0.231. The van der Waals surface area contributed by atoms with Gasteiger partial charge in [-0.1, -0.05) is 0 Å². The van der Waals surface area contributed by atoms with Crippen LogP contribution in [0.2, 0.25) is 0 Å². The van der Waals surface area contributed by atoms with Gasteiger partial charge in [0.1, 0.15) is 6.33 Å². The van der Waals surface area contributed by atoms with Gasteiger partial charge in [0.05, 0.1) is 13.2 Å². The van der Waals surface area contributed by atoms with Gasteiger partial charge < -0.3 is 10.5 Å². The zero-order chi connectivity index (χ0) is 14.1. The van der Waals surface area contributed by atoms with E-state index in [4.69, 9.17) is 10.5 Å². The topological polar surface area (TPSA) is 91.7 Å². The van der Waals surface area contributed by atoms with Crippen molar-refractivity contribution in [2.24, 2.45) is 0 Å². The van der Waals surface area contributed by atoms with Gasteiger partial charge in [0.2, 0.25) is 11.8 Å². The van der Waals surface area contributed by atoms with E-state index in [1.807, 2.05) is 23.6 Å². The molecule has 0 aliphatic carbocycles. The number of anilines is 1. The predicted molar refractivity (Wildman–Crippen MR) is 74.3 cm³/mol. The largest absolute Gasteiger partial charge is 0.479 e. The Balaban J connectivity index is 2.19. The highest BCUT2D eigenvalue weighted by atomic mass is 16.5. The fourth-order valence-electron chi connectivity index (χ4n) is 2.23. The third-order valence-corrected chi connectivity index (χ3v) is 3.24. The Morgan fingerprint density at radius 3 is 2.70 bits per heavy atom. The Kier molecular flexibility index (Phi) is 2.94. The number of fused-ring (bicyclic) bond motifs is 1. The molecule has 0 aromatic carbocycles. The second kappa shape index (κ2) is 4.76. The molecule has 7 heteroatoms. The fourth-order valence-corrected chi connectivity index (χ4v) is 2.23. The molecular formula is C13H14N6O. The minimum absolute atomic E-state index is 0.0115. The molecule has 7 nitrogen and oxygen atoms in total. The van der Waals surface area contributed by atoms with E-state index >= 15 is 0 Å². The quantitative estimate of drug-likeness (QED) is 0.773. The lowest BCUT2D eigenvalue weighted by Crippen LogP contribution is -2.10. The summed E-state index contributed by atoms with van der Waals surface area (Å²) < 4.78 is 7.04. The van der Waals surface area contributed by atoms with Crippen molar-refractivity contribution < 1.29 is 4.74 Å². The van der Waals surface area contributed by atoms with Gasteiger partial charge in [-0.15, -0.1) is 0 Å². The SMILES string of the molecule is COc1ncnc2c1nc(N)n2C(C)c1ccncc1. The van der Waals surface area contributed by atoms with Gasteiger partial charge in [-0.25, -0.2) is 9.97 Å². The molecule has 2 N–H and O–H groups in total. The van der Waals surface area contributed by atoms with Crippen molar-refractivity contribution in [1.29, 1.82) is 0 Å². The maximum Gasteiger partial charge on any atom is 0.245 e. The Bertz CT molecular complexity index is 739. The summed E-state index contributed by atoms with van der Waals surface area (Å²) in [6.07, 6.45) is 4.94. The molecule has 3 aromatic heterocycles. The minimum Gasteiger partial charge on any atom is -0.479 e. The number of imidazole rings is 1. The number of hydrogen-bond acceptors (Lipinski definition) is 6. The van der Waals surface area contributed by atoms with Gasteiger partial charge in [0.25, 0.3) is 0 Å². The maximum absolute atomic E-state index is 6.03. The van der Waals surface area contributed by atoms with Crippen LogP contribution in [0, 0.1) is 0 Å². The summed E-state index contributed by atoms with van der Waals surface area (Å²) in [5.41, 5.74) is 8.32. The van der Waals surface area contributed by atoms with E-state index in [1.54, 1.807) is 19.5 Å². The van der Waals surface area contributed by atoms with Crippen LogP contribution in [0.1, 0.15) is 18.5 Å². The molecule has 0 spiro atoms. The third kappa shape index (κ3) is 1.83. The molecule has 0 amide bonds. The summed E-state index contributed by atoms with van der Waals surface area (Å²) in [5, 5.41) is 0. The summed E-state index contributed by atoms with van der Waals surface area (Å²) >= 11 is 0. The molecule has 0 saturated carbocycles. The van der Waals surface area contributed by atoms with Gasteiger partial charge in [-0.3, -0.25) is 9.55 Å². The first-order chi connectivity index (χ1) is 9.72. The zero-order valence-electron chi connectivity index (χ0n) is 11.2. The van der Waals surface area contributed by atoms with Crippen LogP contribution in [0.4, 0.5) is 5.95 Å². The van der Waals surface area contributed by atoms with Crippen molar-refractivity contribution in [1.82, 2.24) is 24.5 Å². The highest BCUT2D eigenvalue weighted by Crippen LogP contribution is 2.28. The van der Waals surface area contributed by atoms with Crippen LogP contribution in [0.5, 0.6) is 5.88 Å². The van der Waals surface area contributed by atoms with E-state index in [0.717, 1.165) is 5.56 Å². The second-order valence-electron chi connectivity index (χ2n) is 4.35. The minimum atomic E-state index is -0.0115. The average molecular weight is 270 g/mol. The summed E-state index contributed by atoms with van der Waals surface area (Å²) in [6, 6.07) is 3.87. The summed E-state index contributed by atoms with van der Waals surface area (Å²) in [4.78, 5) is 16.6. The van der Waals surface area contributed by atoms with Crippen LogP contribution < -0.4 is 10.5 Å². The Morgan fingerprint density at radius 2 is 2.00 bits per heavy atom. The highest BCUT2D eigenvalue weighted by Gasteiger charge is 2.19. The van der Waals surface area contributed by atoms with E-state index in [1.165, 1.54) is 6.33 Å². The first-order valence-corrected chi connectivity index (χ1v) is 6.14. The Morgan fingerprint density at radius 1 is 1.25 bits per heavy atom. The smallest absolute Gasteiger partial charge is 0.245 e.